The fourth-order valence-corrected chi connectivity index (χ4v) is 2.72. The van der Waals surface area contributed by atoms with Gasteiger partial charge in [-0.15, -0.1) is 0 Å². The summed E-state index contributed by atoms with van der Waals surface area (Å²) in [6.07, 6.45) is 0. The van der Waals surface area contributed by atoms with Crippen LogP contribution in [-0.2, 0) is 0 Å². The van der Waals surface area contributed by atoms with Gasteiger partial charge in [0.05, 0.1) is 5.69 Å². The van der Waals surface area contributed by atoms with E-state index in [1.165, 1.54) is 5.56 Å². The van der Waals surface area contributed by atoms with E-state index in [1.807, 2.05) is 18.7 Å². The average Bonchev–Trinajstić information content (AvgIpc) is 2.19. The minimum atomic E-state index is -0.541. The normalized spacial score (nSPS) is 18.1. The number of aryl methyl sites for hydroxylation is 3. The highest BCUT2D eigenvalue weighted by atomic mass is 15.4. The Bertz CT molecular complexity index is 560. The highest BCUT2D eigenvalue weighted by Crippen LogP contribution is 2.33. The lowest BCUT2D eigenvalue weighted by Gasteiger charge is -2.40. The van der Waals surface area contributed by atoms with Crippen molar-refractivity contribution in [3.8, 4) is 0 Å². The van der Waals surface area contributed by atoms with E-state index < -0.39 is 5.66 Å². The Balaban J connectivity index is 2.63. The van der Waals surface area contributed by atoms with Crippen LogP contribution in [0, 0.1) is 20.8 Å². The first-order valence-electron chi connectivity index (χ1n) is 6.30. The van der Waals surface area contributed by atoms with Crippen molar-refractivity contribution in [1.82, 2.24) is 0 Å². The molecule has 5 nitrogen and oxygen atoms in total. The van der Waals surface area contributed by atoms with Crippen LogP contribution in [0.2, 0.25) is 0 Å². The van der Waals surface area contributed by atoms with Crippen molar-refractivity contribution in [2.24, 2.45) is 21.5 Å². The van der Waals surface area contributed by atoms with E-state index in [-0.39, 0.29) is 5.96 Å². The number of anilines is 1. The third-order valence-corrected chi connectivity index (χ3v) is 3.25. The number of nitrogens with two attached hydrogens (primary N) is 2. The smallest absolute Gasteiger partial charge is 0.220 e. The van der Waals surface area contributed by atoms with Crippen LogP contribution in [0.5, 0.6) is 0 Å². The molecule has 4 N–H and O–H groups in total. The van der Waals surface area contributed by atoms with Crippen LogP contribution in [0.4, 0.5) is 5.69 Å². The van der Waals surface area contributed by atoms with Crippen molar-refractivity contribution in [3.05, 3.63) is 28.8 Å². The molecule has 5 heteroatoms. The molecule has 0 amide bonds. The number of hydrogen-bond donors (Lipinski definition) is 2. The quantitative estimate of drug-likeness (QED) is 0.807. The molecule has 0 atom stereocenters. The van der Waals surface area contributed by atoms with Crippen molar-refractivity contribution >= 4 is 17.6 Å². The molecule has 0 aliphatic carbocycles. The Morgan fingerprint density at radius 3 is 2.05 bits per heavy atom. The molecule has 0 saturated heterocycles. The summed E-state index contributed by atoms with van der Waals surface area (Å²) in [6, 6.07) is 4.26. The number of rotatable bonds is 1. The van der Waals surface area contributed by atoms with Crippen molar-refractivity contribution in [2.75, 3.05) is 4.90 Å². The van der Waals surface area contributed by atoms with Gasteiger partial charge in [-0.05, 0) is 45.7 Å². The highest BCUT2D eigenvalue weighted by Gasteiger charge is 2.34. The fourth-order valence-electron chi connectivity index (χ4n) is 2.72. The van der Waals surface area contributed by atoms with Crippen LogP contribution < -0.4 is 16.4 Å². The Kier molecular flexibility index (Phi) is 3.00. The van der Waals surface area contributed by atoms with Crippen LogP contribution in [0.1, 0.15) is 30.5 Å². The molecule has 0 spiro atoms. The van der Waals surface area contributed by atoms with Crippen molar-refractivity contribution in [1.29, 1.82) is 0 Å². The van der Waals surface area contributed by atoms with Crippen LogP contribution >= 0.6 is 0 Å². The summed E-state index contributed by atoms with van der Waals surface area (Å²) in [4.78, 5) is 10.4. The molecule has 1 aromatic carbocycles. The molecule has 0 unspecified atom stereocenters. The lowest BCUT2D eigenvalue weighted by Crippen LogP contribution is -2.54. The van der Waals surface area contributed by atoms with Gasteiger partial charge in [-0.3, -0.25) is 4.90 Å². The third-order valence-electron chi connectivity index (χ3n) is 3.25. The van der Waals surface area contributed by atoms with Crippen LogP contribution in [0.15, 0.2) is 22.1 Å². The molecule has 0 radical (unpaired) electrons. The predicted octanol–water partition coefficient (Wildman–Crippen LogP) is 1.80. The molecule has 19 heavy (non-hydrogen) atoms. The number of nitrogens with zero attached hydrogens (tertiary/aromatic N) is 3. The second-order valence-electron chi connectivity index (χ2n) is 5.52. The average molecular weight is 259 g/mol. The zero-order chi connectivity index (χ0) is 14.4. The first-order valence-corrected chi connectivity index (χ1v) is 6.30. The van der Waals surface area contributed by atoms with E-state index in [1.54, 1.807) is 0 Å². The maximum absolute atomic E-state index is 6.07. The van der Waals surface area contributed by atoms with Gasteiger partial charge in [0.2, 0.25) is 11.9 Å². The summed E-state index contributed by atoms with van der Waals surface area (Å²) in [7, 11) is 0. The fraction of sp³-hybridized carbons (Fsp3) is 0.429. The van der Waals surface area contributed by atoms with E-state index in [2.05, 4.69) is 42.9 Å². The Morgan fingerprint density at radius 1 is 1.05 bits per heavy atom. The second kappa shape index (κ2) is 4.26. The molecule has 1 aliphatic heterocycles. The minimum Gasteiger partial charge on any atom is -0.369 e. The number of guanidine groups is 2. The summed E-state index contributed by atoms with van der Waals surface area (Å²) < 4.78 is 0. The van der Waals surface area contributed by atoms with Crippen LogP contribution in [0.25, 0.3) is 0 Å². The van der Waals surface area contributed by atoms with E-state index in [9.17, 15) is 0 Å². The molecule has 0 saturated carbocycles. The standard InChI is InChI=1S/C14H21N5/c1-8-6-9(2)11(10(3)7-8)19-13(16)17-12(15)18-14(19,4)5/h6-7H,1-5H3,(H4,15,16,17,18). The number of benzene rings is 1. The molecule has 0 fully saturated rings. The van der Waals surface area contributed by atoms with Crippen LogP contribution in [-0.4, -0.2) is 17.6 Å². The largest absolute Gasteiger partial charge is 0.369 e. The molecule has 0 bridgehead atoms. The van der Waals surface area contributed by atoms with E-state index in [0.29, 0.717) is 5.96 Å². The van der Waals surface area contributed by atoms with Gasteiger partial charge in [0.15, 0.2) is 0 Å². The first kappa shape index (κ1) is 13.4. The van der Waals surface area contributed by atoms with Crippen molar-refractivity contribution in [3.63, 3.8) is 0 Å². The van der Waals surface area contributed by atoms with Gasteiger partial charge in [-0.1, -0.05) is 17.7 Å². The lowest BCUT2D eigenvalue weighted by molar-refractivity contribution is 0.532. The lowest BCUT2D eigenvalue weighted by atomic mass is 10.0. The zero-order valence-electron chi connectivity index (χ0n) is 12.2. The summed E-state index contributed by atoms with van der Waals surface area (Å²) in [5.74, 6) is 0.605. The van der Waals surface area contributed by atoms with Gasteiger partial charge in [0.1, 0.15) is 5.66 Å². The SMILES string of the molecule is Cc1cc(C)c(N2C(N)=NC(N)=NC2(C)C)c(C)c1. The second-order valence-corrected chi connectivity index (χ2v) is 5.52. The molecule has 1 heterocycles. The highest BCUT2D eigenvalue weighted by molar-refractivity contribution is 6.06. The summed E-state index contributed by atoms with van der Waals surface area (Å²) in [6.45, 7) is 10.2. The van der Waals surface area contributed by atoms with Gasteiger partial charge < -0.3 is 11.5 Å². The van der Waals surface area contributed by atoms with Gasteiger partial charge in [-0.2, -0.15) is 4.99 Å². The summed E-state index contributed by atoms with van der Waals surface area (Å²) in [5, 5.41) is 0. The Hall–Kier alpha value is -2.04. The van der Waals surface area contributed by atoms with Gasteiger partial charge in [0, 0.05) is 0 Å². The monoisotopic (exact) mass is 259 g/mol. The molecular weight excluding hydrogens is 238 g/mol. The maximum atomic E-state index is 6.07. The summed E-state index contributed by atoms with van der Waals surface area (Å²) in [5.41, 5.74) is 15.8. The van der Waals surface area contributed by atoms with Gasteiger partial charge >= 0.3 is 0 Å². The van der Waals surface area contributed by atoms with Crippen molar-refractivity contribution < 1.29 is 0 Å². The Morgan fingerprint density at radius 2 is 1.58 bits per heavy atom. The van der Waals surface area contributed by atoms with E-state index in [0.717, 1.165) is 16.8 Å². The minimum absolute atomic E-state index is 0.223. The molecule has 2 rings (SSSR count). The summed E-state index contributed by atoms with van der Waals surface area (Å²) >= 11 is 0. The topological polar surface area (TPSA) is 80.0 Å². The van der Waals surface area contributed by atoms with E-state index >= 15 is 0 Å². The molecular formula is C14H21N5. The molecule has 1 aliphatic rings. The molecule has 1 aromatic rings. The first-order chi connectivity index (χ1) is 8.72. The van der Waals surface area contributed by atoms with E-state index in [4.69, 9.17) is 11.5 Å². The maximum Gasteiger partial charge on any atom is 0.220 e. The van der Waals surface area contributed by atoms with Gasteiger partial charge in [0.25, 0.3) is 0 Å². The van der Waals surface area contributed by atoms with Crippen molar-refractivity contribution in [2.45, 2.75) is 40.3 Å². The Labute approximate surface area is 114 Å². The predicted molar refractivity (Wildman–Crippen MR) is 80.5 cm³/mol. The number of hydrogen-bond acceptors (Lipinski definition) is 5. The zero-order valence-corrected chi connectivity index (χ0v) is 12.2. The molecule has 102 valence electrons. The van der Waals surface area contributed by atoms with Crippen LogP contribution in [0.3, 0.4) is 0 Å². The number of aliphatic imine (C=N–C) groups is 2. The molecule has 0 aromatic heterocycles. The van der Waals surface area contributed by atoms with Gasteiger partial charge in [-0.25, -0.2) is 4.99 Å². The third kappa shape index (κ3) is 2.28.